The molecule has 2 aromatic carbocycles. The van der Waals surface area contributed by atoms with Gasteiger partial charge in [0.15, 0.2) is 5.78 Å². The largest absolute Gasteiger partial charge is 0.484 e. The van der Waals surface area contributed by atoms with Gasteiger partial charge in [-0.2, -0.15) is 0 Å². The first kappa shape index (κ1) is 13.2. The lowest BCUT2D eigenvalue weighted by molar-refractivity contribution is 0.0849. The van der Waals surface area contributed by atoms with Crippen LogP contribution < -0.4 is 4.74 Å². The van der Waals surface area contributed by atoms with Gasteiger partial charge in [-0.1, -0.05) is 12.1 Å². The normalized spacial score (nSPS) is 17.5. The molecule has 0 aliphatic carbocycles. The maximum atomic E-state index is 13.3. The Hall–Kier alpha value is -1.81. The highest BCUT2D eigenvalue weighted by molar-refractivity contribution is 7.98. The van der Waals surface area contributed by atoms with E-state index in [2.05, 4.69) is 0 Å². The summed E-state index contributed by atoms with van der Waals surface area (Å²) in [6.45, 7) is 0. The fraction of sp³-hybridized carbons (Fsp3) is 0.188. The van der Waals surface area contributed by atoms with Gasteiger partial charge in [-0.05, 0) is 36.1 Å². The predicted octanol–water partition coefficient (Wildman–Crippen LogP) is 4.25. The quantitative estimate of drug-likeness (QED) is 0.773. The van der Waals surface area contributed by atoms with Gasteiger partial charge in [-0.15, -0.1) is 11.8 Å². The first-order valence-electron chi connectivity index (χ1n) is 6.31. The van der Waals surface area contributed by atoms with E-state index in [1.54, 1.807) is 11.8 Å². The van der Waals surface area contributed by atoms with Gasteiger partial charge >= 0.3 is 0 Å². The van der Waals surface area contributed by atoms with Crippen molar-refractivity contribution in [3.63, 3.8) is 0 Å². The molecule has 1 aliphatic heterocycles. The second-order valence-electron chi connectivity index (χ2n) is 4.65. The van der Waals surface area contributed by atoms with Crippen LogP contribution in [0.1, 0.15) is 28.4 Å². The van der Waals surface area contributed by atoms with Crippen molar-refractivity contribution >= 4 is 17.5 Å². The van der Waals surface area contributed by atoms with Crippen molar-refractivity contribution in [2.24, 2.45) is 0 Å². The van der Waals surface area contributed by atoms with Gasteiger partial charge in [0.25, 0.3) is 0 Å². The lowest BCUT2D eigenvalue weighted by Gasteiger charge is -2.25. The highest BCUT2D eigenvalue weighted by Gasteiger charge is 2.27. The van der Waals surface area contributed by atoms with Crippen molar-refractivity contribution in [1.82, 2.24) is 0 Å². The molecule has 0 N–H and O–H groups in total. The summed E-state index contributed by atoms with van der Waals surface area (Å²) in [7, 11) is 0. The highest BCUT2D eigenvalue weighted by atomic mass is 32.2. The lowest BCUT2D eigenvalue weighted by atomic mass is 9.96. The summed E-state index contributed by atoms with van der Waals surface area (Å²) >= 11 is 1.66. The molecule has 0 fully saturated rings. The molecule has 0 bridgehead atoms. The molecule has 0 spiro atoms. The van der Waals surface area contributed by atoms with Crippen LogP contribution in [0.3, 0.4) is 0 Å². The Bertz CT molecular complexity index is 652. The number of thioether (sulfide) groups is 1. The van der Waals surface area contributed by atoms with Crippen LogP contribution in [-0.4, -0.2) is 12.0 Å². The minimum absolute atomic E-state index is 0.00908. The maximum absolute atomic E-state index is 13.3. The van der Waals surface area contributed by atoms with Gasteiger partial charge in [-0.25, -0.2) is 4.39 Å². The van der Waals surface area contributed by atoms with E-state index in [0.29, 0.717) is 11.3 Å². The summed E-state index contributed by atoms with van der Waals surface area (Å²) in [5, 5.41) is 0. The number of hydrogen-bond donors (Lipinski definition) is 0. The first-order chi connectivity index (χ1) is 9.67. The van der Waals surface area contributed by atoms with Crippen LogP contribution in [0.15, 0.2) is 47.4 Å². The van der Waals surface area contributed by atoms with Crippen LogP contribution in [0, 0.1) is 5.82 Å². The Morgan fingerprint density at radius 1 is 1.20 bits per heavy atom. The number of carbonyl (C=O) groups is 1. The number of carbonyl (C=O) groups excluding carboxylic acids is 1. The number of benzene rings is 2. The molecular formula is C16H13FO2S. The van der Waals surface area contributed by atoms with Crippen LogP contribution in [-0.2, 0) is 0 Å². The van der Waals surface area contributed by atoms with E-state index in [0.717, 1.165) is 10.5 Å². The summed E-state index contributed by atoms with van der Waals surface area (Å²) in [5.41, 5.74) is 1.40. The number of rotatable bonds is 2. The van der Waals surface area contributed by atoms with Gasteiger partial charge in [0.05, 0.1) is 12.0 Å². The average molecular weight is 288 g/mol. The van der Waals surface area contributed by atoms with Gasteiger partial charge < -0.3 is 4.74 Å². The number of ketones is 1. The molecule has 20 heavy (non-hydrogen) atoms. The Kier molecular flexibility index (Phi) is 3.49. The van der Waals surface area contributed by atoms with Crippen LogP contribution >= 0.6 is 11.8 Å². The lowest BCUT2D eigenvalue weighted by Crippen LogP contribution is -2.20. The van der Waals surface area contributed by atoms with Crippen molar-refractivity contribution in [2.75, 3.05) is 6.26 Å². The van der Waals surface area contributed by atoms with Crippen LogP contribution in [0.4, 0.5) is 4.39 Å². The zero-order valence-corrected chi connectivity index (χ0v) is 11.7. The Balaban J connectivity index is 1.91. The molecule has 0 radical (unpaired) electrons. The molecule has 2 nitrogen and oxygen atoms in total. The number of ether oxygens (including phenoxy) is 1. The van der Waals surface area contributed by atoms with E-state index in [9.17, 15) is 9.18 Å². The first-order valence-corrected chi connectivity index (χ1v) is 7.53. The second kappa shape index (κ2) is 5.29. The number of hydrogen-bond acceptors (Lipinski definition) is 3. The van der Waals surface area contributed by atoms with Crippen molar-refractivity contribution in [2.45, 2.75) is 17.4 Å². The predicted molar refractivity (Wildman–Crippen MR) is 76.9 cm³/mol. The monoisotopic (exact) mass is 288 g/mol. The SMILES string of the molecule is CSc1ccc(C2CC(=O)c3ccc(F)cc3O2)cc1. The molecule has 0 saturated heterocycles. The van der Waals surface area contributed by atoms with Crippen molar-refractivity contribution in [1.29, 1.82) is 0 Å². The Morgan fingerprint density at radius 3 is 2.65 bits per heavy atom. The topological polar surface area (TPSA) is 26.3 Å². The standard InChI is InChI=1S/C16H13FO2S/c1-20-12-5-2-10(3-6-12)15-9-14(18)13-7-4-11(17)8-16(13)19-15/h2-8,15H,9H2,1H3. The van der Waals surface area contributed by atoms with E-state index in [-0.39, 0.29) is 18.3 Å². The molecule has 1 aliphatic rings. The van der Waals surface area contributed by atoms with E-state index < -0.39 is 5.82 Å². The Labute approximate surface area is 121 Å². The van der Waals surface area contributed by atoms with Gasteiger partial charge in [-0.3, -0.25) is 4.79 Å². The molecule has 0 aromatic heterocycles. The van der Waals surface area contributed by atoms with Gasteiger partial charge in [0, 0.05) is 11.0 Å². The summed E-state index contributed by atoms with van der Waals surface area (Å²) in [5.74, 6) is -0.0692. The summed E-state index contributed by atoms with van der Waals surface area (Å²) in [6, 6.07) is 11.9. The fourth-order valence-electron chi connectivity index (χ4n) is 2.30. The molecule has 2 aromatic rings. The zero-order chi connectivity index (χ0) is 14.1. The van der Waals surface area contributed by atoms with E-state index in [1.165, 1.54) is 18.2 Å². The van der Waals surface area contributed by atoms with Crippen LogP contribution in [0.2, 0.25) is 0 Å². The van der Waals surface area contributed by atoms with Crippen molar-refractivity contribution < 1.29 is 13.9 Å². The minimum atomic E-state index is -0.394. The third-order valence-corrected chi connectivity index (χ3v) is 4.12. The van der Waals surface area contributed by atoms with Gasteiger partial charge in [0.2, 0.25) is 0 Å². The number of halogens is 1. The highest BCUT2D eigenvalue weighted by Crippen LogP contribution is 2.35. The molecule has 3 rings (SSSR count). The van der Waals surface area contributed by atoms with Crippen molar-refractivity contribution in [3.8, 4) is 5.75 Å². The van der Waals surface area contributed by atoms with E-state index in [1.807, 2.05) is 30.5 Å². The molecule has 1 atom stereocenters. The molecule has 102 valence electrons. The zero-order valence-electron chi connectivity index (χ0n) is 10.9. The molecule has 1 unspecified atom stereocenters. The number of fused-ring (bicyclic) bond motifs is 1. The summed E-state index contributed by atoms with van der Waals surface area (Å²) in [4.78, 5) is 13.3. The second-order valence-corrected chi connectivity index (χ2v) is 5.53. The van der Waals surface area contributed by atoms with E-state index >= 15 is 0 Å². The van der Waals surface area contributed by atoms with E-state index in [4.69, 9.17) is 4.74 Å². The molecule has 0 saturated carbocycles. The fourth-order valence-corrected chi connectivity index (χ4v) is 2.71. The summed E-state index contributed by atoms with van der Waals surface area (Å²) < 4.78 is 19.0. The maximum Gasteiger partial charge on any atom is 0.170 e. The third-order valence-electron chi connectivity index (χ3n) is 3.37. The van der Waals surface area contributed by atoms with Gasteiger partial charge in [0.1, 0.15) is 17.7 Å². The minimum Gasteiger partial charge on any atom is -0.484 e. The summed E-state index contributed by atoms with van der Waals surface area (Å²) in [6.07, 6.45) is 1.96. The smallest absolute Gasteiger partial charge is 0.170 e. The molecule has 4 heteroatoms. The molecule has 1 heterocycles. The molecule has 0 amide bonds. The van der Waals surface area contributed by atoms with Crippen LogP contribution in [0.25, 0.3) is 0 Å². The Morgan fingerprint density at radius 2 is 1.95 bits per heavy atom. The third kappa shape index (κ3) is 2.43. The van der Waals surface area contributed by atoms with Crippen molar-refractivity contribution in [3.05, 3.63) is 59.4 Å². The number of Topliss-reactive ketones (excluding diaryl/α,β-unsaturated/α-hetero) is 1. The molecular weight excluding hydrogens is 275 g/mol. The average Bonchev–Trinajstić information content (AvgIpc) is 2.46. The van der Waals surface area contributed by atoms with Crippen LogP contribution in [0.5, 0.6) is 5.75 Å².